The van der Waals surface area contributed by atoms with Gasteiger partial charge in [-0.05, 0) is 28.6 Å². The van der Waals surface area contributed by atoms with E-state index in [1.807, 2.05) is 36.4 Å². The van der Waals surface area contributed by atoms with Crippen molar-refractivity contribution >= 4 is 22.6 Å². The molecule has 0 amide bonds. The summed E-state index contributed by atoms with van der Waals surface area (Å²) in [6.45, 7) is 0. The zero-order chi connectivity index (χ0) is 15.8. The van der Waals surface area contributed by atoms with Crippen molar-refractivity contribution < 1.29 is 9.63 Å². The van der Waals surface area contributed by atoms with Gasteiger partial charge in [0.25, 0.3) is 0 Å². The van der Waals surface area contributed by atoms with Crippen LogP contribution >= 0.6 is 0 Å². The molecule has 22 heavy (non-hydrogen) atoms. The molecule has 2 aromatic carbocycles. The van der Waals surface area contributed by atoms with Crippen LogP contribution in [0.15, 0.2) is 65.8 Å². The third-order valence-electron chi connectivity index (χ3n) is 3.10. The fraction of sp³-hybridized carbons (Fsp3) is 0.222. The summed E-state index contributed by atoms with van der Waals surface area (Å²) in [6, 6.07) is 18.8. The summed E-state index contributed by atoms with van der Waals surface area (Å²) in [5.41, 5.74) is 2.31. The first kappa shape index (κ1) is 16.3. The molecule has 0 radical (unpaired) electrons. The number of rotatable bonds is 6. The third kappa shape index (κ3) is 5.04. The highest BCUT2D eigenvalue weighted by atomic mass is 32.2. The molecule has 4 heteroatoms. The molecular formula is C18H20NO2S+. The number of oxime groups is 1. The van der Waals surface area contributed by atoms with Gasteiger partial charge in [-0.2, -0.15) is 0 Å². The molecule has 3 nitrogen and oxygen atoms in total. The maximum absolute atomic E-state index is 12.0. The second-order valence-electron chi connectivity index (χ2n) is 5.09. The molecule has 0 heterocycles. The number of benzene rings is 2. The van der Waals surface area contributed by atoms with Crippen LogP contribution in [0, 0.1) is 0 Å². The van der Waals surface area contributed by atoms with Crippen molar-refractivity contribution in [3.05, 3.63) is 71.8 Å². The van der Waals surface area contributed by atoms with Gasteiger partial charge in [0.05, 0.1) is 23.8 Å². The van der Waals surface area contributed by atoms with Crippen molar-refractivity contribution in [3.8, 4) is 0 Å². The van der Waals surface area contributed by atoms with Gasteiger partial charge >= 0.3 is 5.97 Å². The minimum Gasteiger partial charge on any atom is -0.313 e. The van der Waals surface area contributed by atoms with Gasteiger partial charge in [-0.25, -0.2) is 4.79 Å². The fourth-order valence-corrected chi connectivity index (χ4v) is 2.50. The predicted molar refractivity (Wildman–Crippen MR) is 93.5 cm³/mol. The molecule has 0 fully saturated rings. The standard InChI is InChI=1S/C18H20NO2S/c1-22(2)14-13-17(15-9-5-3-6-10-15)19-21-18(20)16-11-7-4-8-12-16/h3-12H,13-14H2,1-2H3/q+1. The van der Waals surface area contributed by atoms with Crippen LogP contribution in [-0.4, -0.2) is 29.9 Å². The lowest BCUT2D eigenvalue weighted by Crippen LogP contribution is -2.12. The molecular weight excluding hydrogens is 294 g/mol. The second kappa shape index (κ2) is 8.39. The lowest BCUT2D eigenvalue weighted by Gasteiger charge is -2.05. The molecule has 0 aliphatic heterocycles. The maximum Gasteiger partial charge on any atom is 0.365 e. The van der Waals surface area contributed by atoms with Crippen LogP contribution in [0.5, 0.6) is 0 Å². The van der Waals surface area contributed by atoms with E-state index in [0.717, 1.165) is 23.4 Å². The molecule has 0 spiro atoms. The molecule has 2 aromatic rings. The Morgan fingerprint density at radius 1 is 0.955 bits per heavy atom. The Morgan fingerprint density at radius 3 is 2.05 bits per heavy atom. The fourth-order valence-electron chi connectivity index (χ4n) is 1.90. The maximum atomic E-state index is 12.0. The molecule has 114 valence electrons. The molecule has 0 atom stereocenters. The molecule has 0 saturated carbocycles. The zero-order valence-corrected chi connectivity index (χ0v) is 13.7. The average Bonchev–Trinajstić information content (AvgIpc) is 2.56. The first-order valence-electron chi connectivity index (χ1n) is 7.09. The van der Waals surface area contributed by atoms with Gasteiger partial charge in [-0.1, -0.05) is 53.7 Å². The van der Waals surface area contributed by atoms with Gasteiger partial charge in [0, 0.05) is 6.42 Å². The highest BCUT2D eigenvalue weighted by Crippen LogP contribution is 2.08. The Hall–Kier alpha value is -2.07. The van der Waals surface area contributed by atoms with E-state index in [1.165, 1.54) is 0 Å². The Kier molecular flexibility index (Phi) is 6.22. The van der Waals surface area contributed by atoms with Crippen molar-refractivity contribution in [2.75, 3.05) is 18.3 Å². The summed E-state index contributed by atoms with van der Waals surface area (Å²) < 4.78 is 0. The molecule has 0 N–H and O–H groups in total. The molecule has 0 aromatic heterocycles. The van der Waals surface area contributed by atoms with Crippen LogP contribution in [-0.2, 0) is 15.7 Å². The minimum atomic E-state index is -0.430. The molecule has 0 aliphatic rings. The van der Waals surface area contributed by atoms with Gasteiger partial charge in [0.15, 0.2) is 0 Å². The Bertz CT molecular complexity index is 624. The SMILES string of the molecule is C[S+](C)CCC(=NOC(=O)c1ccccc1)c1ccccc1. The average molecular weight is 314 g/mol. The lowest BCUT2D eigenvalue weighted by molar-refractivity contribution is 0.0516. The summed E-state index contributed by atoms with van der Waals surface area (Å²) in [5, 5.41) is 4.11. The van der Waals surface area contributed by atoms with Gasteiger partial charge < -0.3 is 4.84 Å². The largest absolute Gasteiger partial charge is 0.365 e. The number of hydrogen-bond donors (Lipinski definition) is 0. The minimum absolute atomic E-state index is 0.318. The molecule has 0 unspecified atom stereocenters. The monoisotopic (exact) mass is 314 g/mol. The zero-order valence-electron chi connectivity index (χ0n) is 12.9. The molecule has 2 rings (SSSR count). The Labute approximate surface area is 134 Å². The number of carbonyl (C=O) groups excluding carboxylic acids is 1. The summed E-state index contributed by atoms with van der Waals surface area (Å²) in [4.78, 5) is 17.1. The highest BCUT2D eigenvalue weighted by molar-refractivity contribution is 7.95. The van der Waals surface area contributed by atoms with Gasteiger partial charge in [0.2, 0.25) is 0 Å². The lowest BCUT2D eigenvalue weighted by atomic mass is 10.1. The van der Waals surface area contributed by atoms with Gasteiger partial charge in [-0.15, -0.1) is 0 Å². The van der Waals surface area contributed by atoms with E-state index >= 15 is 0 Å². The predicted octanol–water partition coefficient (Wildman–Crippen LogP) is 3.52. The second-order valence-corrected chi connectivity index (χ2v) is 7.47. The van der Waals surface area contributed by atoms with E-state index in [1.54, 1.807) is 24.3 Å². The van der Waals surface area contributed by atoms with Crippen molar-refractivity contribution in [1.82, 2.24) is 0 Å². The first-order chi connectivity index (χ1) is 10.7. The smallest absolute Gasteiger partial charge is 0.313 e. The van der Waals surface area contributed by atoms with Crippen molar-refractivity contribution in [2.24, 2.45) is 5.16 Å². The number of carbonyl (C=O) groups is 1. The van der Waals surface area contributed by atoms with Gasteiger partial charge in [0.1, 0.15) is 5.75 Å². The Morgan fingerprint density at radius 2 is 1.50 bits per heavy atom. The van der Waals surface area contributed by atoms with Crippen molar-refractivity contribution in [3.63, 3.8) is 0 Å². The summed E-state index contributed by atoms with van der Waals surface area (Å²) in [5.74, 6) is 0.595. The summed E-state index contributed by atoms with van der Waals surface area (Å²) in [7, 11) is 0.318. The van der Waals surface area contributed by atoms with Crippen LogP contribution in [0.25, 0.3) is 0 Å². The van der Waals surface area contributed by atoms with Crippen molar-refractivity contribution in [2.45, 2.75) is 6.42 Å². The molecule has 0 bridgehead atoms. The summed E-state index contributed by atoms with van der Waals surface area (Å²) >= 11 is 0. The van der Waals surface area contributed by atoms with E-state index in [-0.39, 0.29) is 0 Å². The van der Waals surface area contributed by atoms with Crippen LogP contribution in [0.4, 0.5) is 0 Å². The van der Waals surface area contributed by atoms with E-state index in [4.69, 9.17) is 4.84 Å². The Balaban J connectivity index is 2.12. The van der Waals surface area contributed by atoms with Crippen LogP contribution in [0.1, 0.15) is 22.3 Å². The molecule has 0 aliphatic carbocycles. The highest BCUT2D eigenvalue weighted by Gasteiger charge is 2.12. The van der Waals surface area contributed by atoms with Gasteiger partial charge in [-0.3, -0.25) is 0 Å². The van der Waals surface area contributed by atoms with Crippen LogP contribution < -0.4 is 0 Å². The van der Waals surface area contributed by atoms with Crippen LogP contribution in [0.2, 0.25) is 0 Å². The third-order valence-corrected chi connectivity index (χ3v) is 4.12. The van der Waals surface area contributed by atoms with E-state index in [9.17, 15) is 4.79 Å². The van der Waals surface area contributed by atoms with E-state index in [0.29, 0.717) is 16.5 Å². The molecule has 0 saturated heterocycles. The van der Waals surface area contributed by atoms with E-state index < -0.39 is 5.97 Å². The van der Waals surface area contributed by atoms with Crippen molar-refractivity contribution in [1.29, 1.82) is 0 Å². The first-order valence-corrected chi connectivity index (χ1v) is 9.30. The number of nitrogens with zero attached hydrogens (tertiary/aromatic N) is 1. The topological polar surface area (TPSA) is 38.7 Å². The quantitative estimate of drug-likeness (QED) is 0.354. The summed E-state index contributed by atoms with van der Waals surface area (Å²) in [6.07, 6.45) is 5.18. The van der Waals surface area contributed by atoms with Crippen LogP contribution in [0.3, 0.4) is 0 Å². The van der Waals surface area contributed by atoms with E-state index in [2.05, 4.69) is 17.7 Å². The number of hydrogen-bond acceptors (Lipinski definition) is 3. The normalized spacial score (nSPS) is 11.5.